The Kier molecular flexibility index (Phi) is 18.6. The van der Waals surface area contributed by atoms with Crippen LogP contribution in [0.5, 0.6) is 0 Å². The molecule has 0 saturated carbocycles. The van der Waals surface area contributed by atoms with Crippen molar-refractivity contribution in [3.05, 3.63) is 110 Å². The van der Waals surface area contributed by atoms with E-state index in [0.717, 1.165) is 62.4 Å². The minimum absolute atomic E-state index is 0.0337. The van der Waals surface area contributed by atoms with Crippen LogP contribution in [0.25, 0.3) is 21.3 Å². The molecule has 5 aromatic rings. The first-order valence-corrected chi connectivity index (χ1v) is 26.3. The van der Waals surface area contributed by atoms with Crippen LogP contribution in [0.1, 0.15) is 97.1 Å². The van der Waals surface area contributed by atoms with Gasteiger partial charge in [0, 0.05) is 73.0 Å². The Bertz CT molecular complexity index is 2840. The number of likely N-dealkylation sites (tertiary alicyclic amines) is 2. The number of pyridine rings is 1. The number of piperidine rings is 1. The third-order valence-corrected chi connectivity index (χ3v) is 15.2. The fraction of sp³-hybridized carbons (Fsp3) is 0.509. The zero-order valence-corrected chi connectivity index (χ0v) is 44.7. The number of aryl methyl sites for hydroxylation is 3. The van der Waals surface area contributed by atoms with Crippen molar-refractivity contribution in [2.24, 2.45) is 11.3 Å². The molecule has 4 atom stereocenters. The average molecular weight is 1040 g/mol. The highest BCUT2D eigenvalue weighted by atomic mass is 32.1. The number of β-amino-alcohol motifs (C(OH)–C–C–N with tert-alkyl or cyclic N) is 1. The zero-order valence-electron chi connectivity index (χ0n) is 43.9. The summed E-state index contributed by atoms with van der Waals surface area (Å²) < 4.78 is 19.1. The van der Waals surface area contributed by atoms with Gasteiger partial charge < -0.3 is 54.6 Å². The predicted molar refractivity (Wildman–Crippen MR) is 282 cm³/mol. The average Bonchev–Trinajstić information content (AvgIpc) is 4.07. The van der Waals surface area contributed by atoms with Crippen LogP contribution < -0.4 is 21.5 Å². The summed E-state index contributed by atoms with van der Waals surface area (Å²) >= 11 is 1.57. The number of rotatable bonds is 21. The fourth-order valence-electron chi connectivity index (χ4n) is 10.1. The van der Waals surface area contributed by atoms with Crippen LogP contribution in [-0.2, 0) is 46.5 Å². The topological polar surface area (TPSA) is 227 Å². The highest BCUT2D eigenvalue weighted by Gasteiger charge is 2.44. The van der Waals surface area contributed by atoms with Crippen LogP contribution in [0.4, 0.5) is 0 Å². The number of amides is 5. The molecular formula is C55H72N8O10S. The Morgan fingerprint density at radius 1 is 0.892 bits per heavy atom. The molecule has 0 aliphatic carbocycles. The summed E-state index contributed by atoms with van der Waals surface area (Å²) in [5.74, 6) is -1.42. The maximum atomic E-state index is 14.0. The number of aliphatic hydroxyl groups is 1. The van der Waals surface area contributed by atoms with Gasteiger partial charge in [-0.05, 0) is 87.6 Å². The van der Waals surface area contributed by atoms with E-state index in [-0.39, 0.29) is 101 Å². The number of para-hydroxylation sites is 1. The number of ether oxygens (including phenoxy) is 3. The Morgan fingerprint density at radius 3 is 2.23 bits per heavy atom. The van der Waals surface area contributed by atoms with E-state index in [4.69, 9.17) is 14.2 Å². The van der Waals surface area contributed by atoms with Crippen LogP contribution in [0.2, 0.25) is 0 Å². The largest absolute Gasteiger partial charge is 0.391 e. The quantitative estimate of drug-likeness (QED) is 0.0595. The van der Waals surface area contributed by atoms with Gasteiger partial charge in [0.05, 0.1) is 54.2 Å². The molecule has 2 saturated heterocycles. The molecular weight excluding hydrogens is 965 g/mol. The molecule has 2 aliphatic rings. The van der Waals surface area contributed by atoms with Gasteiger partial charge in [-0.3, -0.25) is 28.8 Å². The van der Waals surface area contributed by atoms with Crippen LogP contribution in [0, 0.1) is 39.0 Å². The third kappa shape index (κ3) is 13.5. The monoisotopic (exact) mass is 1040 g/mol. The SMILES string of the molecule is Cc1cc(C)c(CNC(=O)c2c(C)n(C(C)C3CCN(C(=O)COCCOCCOCC(=O)N[C@H](C(=O)N4C[C@H](O)C[C@H]4C(=O)NCc4ccc(-c5scnc5C)cc4)C(C)(C)C)CC3)c3ccccc23)c(=O)[nH]1. The lowest BCUT2D eigenvalue weighted by atomic mass is 9.85. The second kappa shape index (κ2) is 24.9. The van der Waals surface area contributed by atoms with E-state index in [1.807, 2.05) is 108 Å². The van der Waals surface area contributed by atoms with Crippen LogP contribution in [0.15, 0.2) is 64.9 Å². The number of carbonyl (C=O) groups is 5. The van der Waals surface area contributed by atoms with E-state index in [2.05, 4.69) is 37.4 Å². The van der Waals surface area contributed by atoms with Crippen molar-refractivity contribution in [1.29, 1.82) is 0 Å². The second-order valence-electron chi connectivity index (χ2n) is 20.6. The van der Waals surface area contributed by atoms with Gasteiger partial charge in [-0.2, -0.15) is 0 Å². The van der Waals surface area contributed by atoms with Gasteiger partial charge in [0.1, 0.15) is 25.3 Å². The van der Waals surface area contributed by atoms with Gasteiger partial charge in [0.2, 0.25) is 23.6 Å². The van der Waals surface area contributed by atoms with Crippen molar-refractivity contribution in [2.45, 2.75) is 112 Å². The Morgan fingerprint density at radius 2 is 1.57 bits per heavy atom. The number of thiazole rings is 1. The van der Waals surface area contributed by atoms with Gasteiger partial charge in [0.25, 0.3) is 11.5 Å². The van der Waals surface area contributed by atoms with Crippen LogP contribution in [0.3, 0.4) is 0 Å². The summed E-state index contributed by atoms with van der Waals surface area (Å²) in [6.45, 7) is 17.0. The molecule has 2 aliphatic heterocycles. The number of aromatic nitrogens is 3. The molecule has 0 spiro atoms. The minimum atomic E-state index is -0.992. The summed E-state index contributed by atoms with van der Waals surface area (Å²) in [4.78, 5) is 91.4. The van der Waals surface area contributed by atoms with E-state index in [0.29, 0.717) is 24.2 Å². The Balaban J connectivity index is 0.784. The van der Waals surface area contributed by atoms with Crippen molar-refractivity contribution in [2.75, 3.05) is 59.3 Å². The molecule has 2 aromatic carbocycles. The first-order chi connectivity index (χ1) is 35.3. The summed E-state index contributed by atoms with van der Waals surface area (Å²) in [7, 11) is 0. The molecule has 18 nitrogen and oxygen atoms in total. The summed E-state index contributed by atoms with van der Waals surface area (Å²) in [6, 6.07) is 15.8. The predicted octanol–water partition coefficient (Wildman–Crippen LogP) is 5.28. The Labute approximate surface area is 436 Å². The van der Waals surface area contributed by atoms with Gasteiger partial charge in [0.15, 0.2) is 0 Å². The molecule has 7 rings (SSSR count). The summed E-state index contributed by atoms with van der Waals surface area (Å²) in [5, 5.41) is 20.1. The van der Waals surface area contributed by atoms with E-state index in [9.17, 15) is 33.9 Å². The number of aromatic amines is 1. The first kappa shape index (κ1) is 55.5. The van der Waals surface area contributed by atoms with Gasteiger partial charge >= 0.3 is 0 Å². The van der Waals surface area contributed by atoms with Gasteiger partial charge in [-0.1, -0.05) is 63.2 Å². The molecule has 3 aromatic heterocycles. The van der Waals surface area contributed by atoms with Gasteiger partial charge in [-0.25, -0.2) is 4.98 Å². The van der Waals surface area contributed by atoms with Crippen molar-refractivity contribution >= 4 is 51.8 Å². The van der Waals surface area contributed by atoms with Crippen molar-refractivity contribution in [3.63, 3.8) is 0 Å². The van der Waals surface area contributed by atoms with Crippen molar-refractivity contribution in [1.82, 2.24) is 40.3 Å². The second-order valence-corrected chi connectivity index (χ2v) is 21.4. The molecule has 5 amide bonds. The first-order valence-electron chi connectivity index (χ1n) is 25.5. The van der Waals surface area contributed by atoms with E-state index in [1.165, 1.54) is 4.90 Å². The molecule has 5 heterocycles. The fourth-order valence-corrected chi connectivity index (χ4v) is 11.0. The molecule has 2 fully saturated rings. The van der Waals surface area contributed by atoms with E-state index >= 15 is 0 Å². The highest BCUT2D eigenvalue weighted by molar-refractivity contribution is 7.13. The standard InChI is InChI=1S/C55H72N8O10S/c1-33-25-34(2)59-51(67)43(33)28-57-53(69)48-37(5)63(44-12-10-9-11-42(44)48)36(4)39-17-19-61(20-18-39)47(66)31-73-24-22-71-21-23-72-30-46(65)60-50(55(6,7)8)54(70)62-29-41(64)26-45(62)52(68)56-27-38-13-15-40(16-14-38)49-35(3)58-32-74-49/h9-16,25,32,36,39,41,45,50,64H,17-24,26-31H2,1-8H3,(H,56,68)(H,57,69)(H,59,67)(H,60,65)/t36?,41-,45+,50-/m1/s1. The van der Waals surface area contributed by atoms with Gasteiger partial charge in [-0.15, -0.1) is 11.3 Å². The van der Waals surface area contributed by atoms with E-state index < -0.39 is 35.4 Å². The van der Waals surface area contributed by atoms with Crippen LogP contribution in [-0.4, -0.2) is 136 Å². The molecule has 19 heteroatoms. The number of nitrogens with zero attached hydrogens (tertiary/aromatic N) is 4. The number of fused-ring (bicyclic) bond motifs is 1. The lowest BCUT2D eigenvalue weighted by molar-refractivity contribution is -0.144. The number of hydrogen-bond donors (Lipinski definition) is 5. The lowest BCUT2D eigenvalue weighted by Gasteiger charge is -2.36. The van der Waals surface area contributed by atoms with Crippen LogP contribution >= 0.6 is 11.3 Å². The normalized spacial score (nSPS) is 17.1. The smallest absolute Gasteiger partial charge is 0.254 e. The maximum Gasteiger partial charge on any atom is 0.254 e. The maximum absolute atomic E-state index is 14.0. The molecule has 74 heavy (non-hydrogen) atoms. The third-order valence-electron chi connectivity index (χ3n) is 14.2. The molecule has 5 N–H and O–H groups in total. The lowest BCUT2D eigenvalue weighted by Crippen LogP contribution is -2.58. The molecule has 1 unspecified atom stereocenters. The number of nitrogens with one attached hydrogen (secondary N) is 4. The highest BCUT2D eigenvalue weighted by Crippen LogP contribution is 2.36. The molecule has 398 valence electrons. The van der Waals surface area contributed by atoms with Crippen molar-refractivity contribution < 1.29 is 43.3 Å². The number of benzene rings is 2. The summed E-state index contributed by atoms with van der Waals surface area (Å²) in [5.41, 5.74) is 8.29. The van der Waals surface area contributed by atoms with Crippen molar-refractivity contribution in [3.8, 4) is 10.4 Å². The minimum Gasteiger partial charge on any atom is -0.391 e. The van der Waals surface area contributed by atoms with E-state index in [1.54, 1.807) is 16.8 Å². The zero-order chi connectivity index (χ0) is 53.3. The molecule has 0 radical (unpaired) electrons. The molecule has 0 bridgehead atoms. The summed E-state index contributed by atoms with van der Waals surface area (Å²) in [6.07, 6.45) is 0.772. The number of carbonyl (C=O) groups excluding carboxylic acids is 5. The number of H-pyrrole nitrogens is 1. The Hall–Kier alpha value is -6.25. The number of aliphatic hydroxyl groups excluding tert-OH is 1. The number of hydrogen-bond acceptors (Lipinski definition) is 12.